The van der Waals surface area contributed by atoms with Crippen molar-refractivity contribution in [2.45, 2.75) is 63.8 Å². The number of carbonyl (C=O) groups excluding carboxylic acids is 1. The van der Waals surface area contributed by atoms with Crippen LogP contribution in [-0.4, -0.2) is 65.1 Å². The molecule has 7 heteroatoms. The van der Waals surface area contributed by atoms with Gasteiger partial charge >= 0.3 is 0 Å². The maximum absolute atomic E-state index is 11.2. The van der Waals surface area contributed by atoms with E-state index in [0.29, 0.717) is 6.61 Å². The Morgan fingerprint density at radius 3 is 2.55 bits per heavy atom. The van der Waals surface area contributed by atoms with Crippen molar-refractivity contribution in [2.24, 2.45) is 0 Å². The zero-order valence-electron chi connectivity index (χ0n) is 12.0. The average molecular weight is 291 g/mol. The second-order valence-electron chi connectivity index (χ2n) is 5.01. The molecule has 0 aromatic rings. The van der Waals surface area contributed by atoms with Gasteiger partial charge < -0.3 is 30.1 Å². The van der Waals surface area contributed by atoms with E-state index in [1.807, 2.05) is 0 Å². The van der Waals surface area contributed by atoms with Crippen molar-refractivity contribution in [1.29, 1.82) is 0 Å². The van der Waals surface area contributed by atoms with E-state index in [1.165, 1.54) is 6.92 Å². The number of hydrogen-bond donors (Lipinski definition) is 4. The van der Waals surface area contributed by atoms with Crippen LogP contribution in [0.25, 0.3) is 0 Å². The molecule has 0 aliphatic carbocycles. The molecule has 1 aliphatic rings. The molecule has 5 unspecified atom stereocenters. The maximum Gasteiger partial charge on any atom is 0.217 e. The lowest BCUT2D eigenvalue weighted by Crippen LogP contribution is -2.64. The Bertz CT molecular complexity index is 301. The van der Waals surface area contributed by atoms with Crippen LogP contribution in [-0.2, 0) is 14.3 Å². The fourth-order valence-electron chi connectivity index (χ4n) is 2.16. The summed E-state index contributed by atoms with van der Waals surface area (Å²) in [6.07, 6.45) is -1.44. The van der Waals surface area contributed by atoms with Gasteiger partial charge in [-0.25, -0.2) is 0 Å². The topological polar surface area (TPSA) is 108 Å². The minimum atomic E-state index is -1.27. The van der Waals surface area contributed by atoms with Crippen LogP contribution in [0.15, 0.2) is 0 Å². The second kappa shape index (κ2) is 8.53. The zero-order chi connectivity index (χ0) is 15.1. The minimum absolute atomic E-state index is 0.352. The van der Waals surface area contributed by atoms with Gasteiger partial charge in [-0.1, -0.05) is 19.8 Å². The highest BCUT2D eigenvalue weighted by Crippen LogP contribution is 2.22. The fourth-order valence-corrected chi connectivity index (χ4v) is 2.16. The van der Waals surface area contributed by atoms with Crippen molar-refractivity contribution in [1.82, 2.24) is 5.32 Å². The Balaban J connectivity index is 2.65. The third-order valence-corrected chi connectivity index (χ3v) is 3.28. The number of rotatable bonds is 7. The molecule has 0 spiro atoms. The van der Waals surface area contributed by atoms with Gasteiger partial charge in [0, 0.05) is 13.5 Å². The molecule has 0 aromatic heterocycles. The highest BCUT2D eigenvalue weighted by atomic mass is 16.7. The number of nitrogens with one attached hydrogen (secondary N) is 1. The number of hydrogen-bond acceptors (Lipinski definition) is 6. The average Bonchev–Trinajstić information content (AvgIpc) is 2.41. The lowest BCUT2D eigenvalue weighted by atomic mass is 9.97. The third-order valence-electron chi connectivity index (χ3n) is 3.28. The summed E-state index contributed by atoms with van der Waals surface area (Å²) in [7, 11) is 0. The van der Waals surface area contributed by atoms with E-state index >= 15 is 0 Å². The number of ether oxygens (including phenoxy) is 2. The van der Waals surface area contributed by atoms with Gasteiger partial charge in [-0.2, -0.15) is 0 Å². The third kappa shape index (κ3) is 4.68. The van der Waals surface area contributed by atoms with Gasteiger partial charge in [0.25, 0.3) is 0 Å². The first kappa shape index (κ1) is 17.3. The van der Waals surface area contributed by atoms with E-state index in [1.54, 1.807) is 0 Å². The van der Waals surface area contributed by atoms with Crippen LogP contribution in [0.1, 0.15) is 33.1 Å². The summed E-state index contributed by atoms with van der Waals surface area (Å²) >= 11 is 0. The molecule has 1 heterocycles. The molecule has 0 bridgehead atoms. The van der Waals surface area contributed by atoms with Crippen molar-refractivity contribution in [3.8, 4) is 0 Å². The first-order valence-corrected chi connectivity index (χ1v) is 7.02. The Labute approximate surface area is 118 Å². The van der Waals surface area contributed by atoms with Crippen LogP contribution in [0.3, 0.4) is 0 Å². The van der Waals surface area contributed by atoms with Crippen LogP contribution in [0.4, 0.5) is 0 Å². The molecule has 0 aromatic carbocycles. The number of unbranched alkanes of at least 4 members (excludes halogenated alkanes) is 2. The Morgan fingerprint density at radius 1 is 1.30 bits per heavy atom. The molecular formula is C13H25NO6. The predicted molar refractivity (Wildman–Crippen MR) is 70.8 cm³/mol. The Kier molecular flexibility index (Phi) is 7.39. The predicted octanol–water partition coefficient (Wildman–Crippen LogP) is -0.863. The van der Waals surface area contributed by atoms with E-state index in [2.05, 4.69) is 12.2 Å². The normalized spacial score (nSPS) is 34.0. The molecule has 0 radical (unpaired) electrons. The summed E-state index contributed by atoms with van der Waals surface area (Å²) in [4.78, 5) is 11.2. The van der Waals surface area contributed by atoms with Gasteiger partial charge in [0.05, 0.1) is 6.61 Å². The number of aliphatic hydroxyl groups excluding tert-OH is 3. The number of carbonyl (C=O) groups is 1. The highest BCUT2D eigenvalue weighted by molar-refractivity contribution is 5.73. The summed E-state index contributed by atoms with van der Waals surface area (Å²) in [5.41, 5.74) is 0. The first-order chi connectivity index (χ1) is 9.51. The lowest BCUT2D eigenvalue weighted by Gasteiger charge is -2.42. The molecule has 1 aliphatic heterocycles. The monoisotopic (exact) mass is 291 g/mol. The molecular weight excluding hydrogens is 266 g/mol. The molecule has 1 saturated heterocycles. The summed E-state index contributed by atoms with van der Waals surface area (Å²) in [6, 6.07) is -0.855. The Hall–Kier alpha value is -0.730. The standard InChI is InChI=1S/C13H25NO6/c1-3-4-5-6-19-13-10(14-8(2)16)12(18)11(17)9(7-15)20-13/h9-13,15,17-18H,3-7H2,1-2H3,(H,14,16). The van der Waals surface area contributed by atoms with Crippen LogP contribution in [0.5, 0.6) is 0 Å². The number of amides is 1. The van der Waals surface area contributed by atoms with Crippen LogP contribution in [0, 0.1) is 0 Å². The van der Waals surface area contributed by atoms with Crippen molar-refractivity contribution >= 4 is 5.91 Å². The molecule has 0 saturated carbocycles. The van der Waals surface area contributed by atoms with E-state index in [9.17, 15) is 15.0 Å². The van der Waals surface area contributed by atoms with Gasteiger partial charge in [-0.15, -0.1) is 0 Å². The molecule has 4 N–H and O–H groups in total. The Morgan fingerprint density at radius 2 is 2.00 bits per heavy atom. The van der Waals surface area contributed by atoms with Crippen molar-refractivity contribution < 1.29 is 29.6 Å². The first-order valence-electron chi connectivity index (χ1n) is 7.02. The van der Waals surface area contributed by atoms with Crippen LogP contribution < -0.4 is 5.32 Å². The van der Waals surface area contributed by atoms with E-state index < -0.39 is 37.3 Å². The summed E-state index contributed by atoms with van der Waals surface area (Å²) < 4.78 is 10.9. The second-order valence-corrected chi connectivity index (χ2v) is 5.01. The molecule has 7 nitrogen and oxygen atoms in total. The molecule has 5 atom stereocenters. The van der Waals surface area contributed by atoms with Crippen LogP contribution in [0.2, 0.25) is 0 Å². The van der Waals surface area contributed by atoms with Crippen molar-refractivity contribution in [3.05, 3.63) is 0 Å². The minimum Gasteiger partial charge on any atom is -0.394 e. The maximum atomic E-state index is 11.2. The zero-order valence-corrected chi connectivity index (χ0v) is 12.0. The SMILES string of the molecule is CCCCCOC1OC(CO)C(O)C(O)C1NC(C)=O. The molecule has 20 heavy (non-hydrogen) atoms. The summed E-state index contributed by atoms with van der Waals surface area (Å²) in [6.45, 7) is 3.37. The van der Waals surface area contributed by atoms with Gasteiger partial charge in [0.2, 0.25) is 5.91 Å². The van der Waals surface area contributed by atoms with Crippen LogP contribution >= 0.6 is 0 Å². The molecule has 1 rings (SSSR count). The molecule has 118 valence electrons. The van der Waals surface area contributed by atoms with Crippen molar-refractivity contribution in [3.63, 3.8) is 0 Å². The van der Waals surface area contributed by atoms with Crippen molar-refractivity contribution in [2.75, 3.05) is 13.2 Å². The van der Waals surface area contributed by atoms with Gasteiger partial charge in [-0.3, -0.25) is 4.79 Å². The molecule has 1 amide bonds. The van der Waals surface area contributed by atoms with Gasteiger partial charge in [0.1, 0.15) is 24.4 Å². The summed E-state index contributed by atoms with van der Waals surface area (Å²) in [5, 5.41) is 31.5. The summed E-state index contributed by atoms with van der Waals surface area (Å²) in [5.74, 6) is -0.352. The van der Waals surface area contributed by atoms with E-state index in [-0.39, 0.29) is 5.91 Å². The molecule has 1 fully saturated rings. The lowest BCUT2D eigenvalue weighted by molar-refractivity contribution is -0.270. The van der Waals surface area contributed by atoms with E-state index in [4.69, 9.17) is 14.6 Å². The van der Waals surface area contributed by atoms with Gasteiger partial charge in [0.15, 0.2) is 6.29 Å². The van der Waals surface area contributed by atoms with E-state index in [0.717, 1.165) is 19.3 Å². The smallest absolute Gasteiger partial charge is 0.217 e. The highest BCUT2D eigenvalue weighted by Gasteiger charge is 2.45. The largest absolute Gasteiger partial charge is 0.394 e. The number of aliphatic hydroxyl groups is 3. The fraction of sp³-hybridized carbons (Fsp3) is 0.923. The van der Waals surface area contributed by atoms with Gasteiger partial charge in [-0.05, 0) is 6.42 Å². The quantitative estimate of drug-likeness (QED) is 0.454.